The van der Waals surface area contributed by atoms with Crippen molar-refractivity contribution in [2.24, 2.45) is 20.2 Å². The number of benzene rings is 1. The summed E-state index contributed by atoms with van der Waals surface area (Å²) in [6, 6.07) is 3.63. The summed E-state index contributed by atoms with van der Waals surface area (Å²) in [5.41, 5.74) is 0.625. The van der Waals surface area contributed by atoms with Crippen LogP contribution >= 0.6 is 0 Å². The fourth-order valence-corrected chi connectivity index (χ4v) is 2.46. The Morgan fingerprint density at radius 2 is 1.96 bits per heavy atom. The van der Waals surface area contributed by atoms with Crippen molar-refractivity contribution in [3.05, 3.63) is 23.8 Å². The number of amidine groups is 2. The van der Waals surface area contributed by atoms with Crippen LogP contribution in [0.4, 0.5) is 4.79 Å². The Morgan fingerprint density at radius 1 is 1.19 bits per heavy atom. The van der Waals surface area contributed by atoms with E-state index in [1.165, 1.54) is 7.05 Å². The number of aliphatic imine (C=N–C) groups is 2. The van der Waals surface area contributed by atoms with Gasteiger partial charge >= 0.3 is 6.03 Å². The number of carbonyl (C=O) groups excluding carboxylic acids is 2. The summed E-state index contributed by atoms with van der Waals surface area (Å²) in [6.45, 7) is 6.20. The van der Waals surface area contributed by atoms with Crippen LogP contribution in [0.25, 0.3) is 0 Å². The van der Waals surface area contributed by atoms with Crippen LogP contribution in [-0.2, 0) is 4.79 Å². The van der Waals surface area contributed by atoms with Crippen LogP contribution in [0.1, 0.15) is 26.3 Å². The SMILES string of the molecule is CCOc1cc(C2=NC3C(=O)N(C)C(=O)N=C3N=N2)ccc1OC(C)C. The quantitative estimate of drug-likeness (QED) is 0.807. The average Bonchev–Trinajstić information content (AvgIpc) is 2.61. The monoisotopic (exact) mass is 357 g/mol. The largest absolute Gasteiger partial charge is 0.490 e. The molecule has 3 amide bonds. The molecule has 0 aromatic heterocycles. The molecule has 136 valence electrons. The number of likely N-dealkylation sites (N-methyl/N-ethyl adjacent to an activating group) is 1. The van der Waals surface area contributed by atoms with Crippen LogP contribution in [-0.4, -0.2) is 54.3 Å². The van der Waals surface area contributed by atoms with Crippen molar-refractivity contribution in [3.8, 4) is 11.5 Å². The highest BCUT2D eigenvalue weighted by Gasteiger charge is 2.37. The van der Waals surface area contributed by atoms with Crippen molar-refractivity contribution in [1.29, 1.82) is 0 Å². The first-order valence-electron chi connectivity index (χ1n) is 8.24. The predicted molar refractivity (Wildman–Crippen MR) is 94.2 cm³/mol. The van der Waals surface area contributed by atoms with E-state index >= 15 is 0 Å². The zero-order valence-electron chi connectivity index (χ0n) is 15.0. The Labute approximate surface area is 150 Å². The number of amides is 3. The molecule has 0 bridgehead atoms. The lowest BCUT2D eigenvalue weighted by atomic mass is 10.1. The van der Waals surface area contributed by atoms with Gasteiger partial charge in [-0.2, -0.15) is 4.99 Å². The standard InChI is InChI=1S/C17H19N5O4/c1-5-25-12-8-10(6-7-11(12)26-9(2)3)14-18-13-15(21-20-14)19-17(24)22(4)16(13)23/h6-9,13H,5H2,1-4H3. The highest BCUT2D eigenvalue weighted by atomic mass is 16.5. The first kappa shape index (κ1) is 17.7. The summed E-state index contributed by atoms with van der Waals surface area (Å²) in [5.74, 6) is 0.952. The number of nitrogens with zero attached hydrogens (tertiary/aromatic N) is 5. The number of rotatable bonds is 5. The molecular formula is C17H19N5O4. The Bertz CT molecular complexity index is 844. The molecule has 2 aliphatic rings. The molecule has 0 fully saturated rings. The average molecular weight is 357 g/mol. The lowest BCUT2D eigenvalue weighted by molar-refractivity contribution is -0.127. The number of ether oxygens (including phenoxy) is 2. The number of imide groups is 1. The van der Waals surface area contributed by atoms with Gasteiger partial charge in [0, 0.05) is 12.6 Å². The van der Waals surface area contributed by atoms with E-state index in [0.29, 0.717) is 23.7 Å². The number of hydrogen-bond acceptors (Lipinski definition) is 7. The minimum Gasteiger partial charge on any atom is -0.490 e. The molecule has 2 heterocycles. The fraction of sp³-hybridized carbons (Fsp3) is 0.412. The normalized spacial score (nSPS) is 19.3. The first-order chi connectivity index (χ1) is 12.4. The Kier molecular flexibility index (Phi) is 4.79. The van der Waals surface area contributed by atoms with E-state index in [2.05, 4.69) is 20.2 Å². The topological polar surface area (TPSA) is 105 Å². The van der Waals surface area contributed by atoms with Crippen LogP contribution in [0, 0.1) is 0 Å². The summed E-state index contributed by atoms with van der Waals surface area (Å²) >= 11 is 0. The smallest absolute Gasteiger partial charge is 0.351 e. The molecule has 3 rings (SSSR count). The van der Waals surface area contributed by atoms with Crippen LogP contribution in [0.3, 0.4) is 0 Å². The second kappa shape index (κ2) is 7.03. The second-order valence-corrected chi connectivity index (χ2v) is 5.97. The fourth-order valence-electron chi connectivity index (χ4n) is 2.46. The zero-order chi connectivity index (χ0) is 18.8. The van der Waals surface area contributed by atoms with Gasteiger partial charge in [-0.05, 0) is 39.0 Å². The molecule has 2 aliphatic heterocycles. The van der Waals surface area contributed by atoms with Crippen molar-refractivity contribution in [3.63, 3.8) is 0 Å². The molecule has 1 unspecified atom stereocenters. The summed E-state index contributed by atoms with van der Waals surface area (Å²) in [7, 11) is 1.36. The van der Waals surface area contributed by atoms with Crippen LogP contribution in [0.5, 0.6) is 11.5 Å². The van der Waals surface area contributed by atoms with Crippen LogP contribution in [0.15, 0.2) is 38.4 Å². The van der Waals surface area contributed by atoms with Gasteiger partial charge in [0.05, 0.1) is 12.7 Å². The molecular weight excluding hydrogens is 338 g/mol. The Morgan fingerprint density at radius 3 is 2.65 bits per heavy atom. The molecule has 0 saturated carbocycles. The van der Waals surface area contributed by atoms with E-state index in [1.54, 1.807) is 18.2 Å². The molecule has 1 aromatic rings. The summed E-state index contributed by atoms with van der Waals surface area (Å²) in [5, 5.41) is 7.89. The van der Waals surface area contributed by atoms with Crippen LogP contribution < -0.4 is 9.47 Å². The van der Waals surface area contributed by atoms with Gasteiger partial charge in [0.1, 0.15) is 0 Å². The van der Waals surface area contributed by atoms with Crippen molar-refractivity contribution >= 4 is 23.6 Å². The van der Waals surface area contributed by atoms with E-state index < -0.39 is 18.0 Å². The molecule has 1 aromatic carbocycles. The Hall–Kier alpha value is -3.10. The van der Waals surface area contributed by atoms with Crippen LogP contribution in [0.2, 0.25) is 0 Å². The molecule has 0 saturated heterocycles. The summed E-state index contributed by atoms with van der Waals surface area (Å²) < 4.78 is 11.4. The van der Waals surface area contributed by atoms with E-state index in [1.807, 2.05) is 20.8 Å². The lowest BCUT2D eigenvalue weighted by Gasteiger charge is -2.24. The molecule has 0 N–H and O–H groups in total. The van der Waals surface area contributed by atoms with Gasteiger partial charge in [0.25, 0.3) is 5.91 Å². The van der Waals surface area contributed by atoms with Gasteiger partial charge < -0.3 is 9.47 Å². The minimum absolute atomic E-state index is 0.00142. The molecule has 0 aliphatic carbocycles. The van der Waals surface area contributed by atoms with Gasteiger partial charge in [-0.3, -0.25) is 9.69 Å². The van der Waals surface area contributed by atoms with Gasteiger partial charge in [0.2, 0.25) is 0 Å². The third kappa shape index (κ3) is 3.32. The van der Waals surface area contributed by atoms with E-state index in [9.17, 15) is 9.59 Å². The highest BCUT2D eigenvalue weighted by Crippen LogP contribution is 2.30. The van der Waals surface area contributed by atoms with Crippen molar-refractivity contribution < 1.29 is 19.1 Å². The van der Waals surface area contributed by atoms with Gasteiger partial charge in [-0.25, -0.2) is 9.79 Å². The minimum atomic E-state index is -0.965. The molecule has 9 nitrogen and oxygen atoms in total. The maximum atomic E-state index is 12.3. The maximum absolute atomic E-state index is 12.3. The number of carbonyl (C=O) groups is 2. The summed E-state index contributed by atoms with van der Waals surface area (Å²) in [4.78, 5) is 32.8. The van der Waals surface area contributed by atoms with E-state index in [-0.39, 0.29) is 17.8 Å². The number of urea groups is 1. The number of azo groups is 1. The first-order valence-corrected chi connectivity index (χ1v) is 8.24. The van der Waals surface area contributed by atoms with E-state index in [0.717, 1.165) is 4.90 Å². The second-order valence-electron chi connectivity index (χ2n) is 5.97. The van der Waals surface area contributed by atoms with Crippen molar-refractivity contribution in [2.45, 2.75) is 32.9 Å². The lowest BCUT2D eigenvalue weighted by Crippen LogP contribution is -2.47. The molecule has 1 atom stereocenters. The van der Waals surface area contributed by atoms with Gasteiger partial charge in [-0.15, -0.1) is 10.2 Å². The van der Waals surface area contributed by atoms with Crippen molar-refractivity contribution in [1.82, 2.24) is 4.90 Å². The number of fused-ring (bicyclic) bond motifs is 1. The predicted octanol–water partition coefficient (Wildman–Crippen LogP) is 2.44. The van der Waals surface area contributed by atoms with E-state index in [4.69, 9.17) is 9.47 Å². The summed E-state index contributed by atoms with van der Waals surface area (Å²) in [6.07, 6.45) is -0.00142. The number of hydrogen-bond donors (Lipinski definition) is 0. The molecule has 9 heteroatoms. The zero-order valence-corrected chi connectivity index (χ0v) is 15.0. The van der Waals surface area contributed by atoms with Gasteiger partial charge in [0.15, 0.2) is 29.2 Å². The molecule has 26 heavy (non-hydrogen) atoms. The third-order valence-electron chi connectivity index (χ3n) is 3.67. The highest BCUT2D eigenvalue weighted by molar-refractivity contribution is 6.21. The van der Waals surface area contributed by atoms with Gasteiger partial charge in [-0.1, -0.05) is 0 Å². The third-order valence-corrected chi connectivity index (χ3v) is 3.67. The van der Waals surface area contributed by atoms with Crippen molar-refractivity contribution in [2.75, 3.05) is 13.7 Å². The molecule has 0 radical (unpaired) electrons. The molecule has 0 spiro atoms. The maximum Gasteiger partial charge on any atom is 0.351 e. The Balaban J connectivity index is 1.96.